The van der Waals surface area contributed by atoms with Crippen LogP contribution in [0, 0.1) is 11.3 Å². The Morgan fingerprint density at radius 2 is 1.85 bits per heavy atom. The maximum absolute atomic E-state index is 12.9. The Kier molecular flexibility index (Phi) is 9.13. The molecule has 2 fully saturated rings. The van der Waals surface area contributed by atoms with E-state index in [-0.39, 0.29) is 30.3 Å². The number of amides is 2. The van der Waals surface area contributed by atoms with Crippen molar-refractivity contribution in [3.63, 3.8) is 0 Å². The first-order valence-electron chi connectivity index (χ1n) is 13.4. The van der Waals surface area contributed by atoms with Crippen LogP contribution >= 0.6 is 0 Å². The summed E-state index contributed by atoms with van der Waals surface area (Å²) >= 11 is 0. The predicted octanol–water partition coefficient (Wildman–Crippen LogP) is 3.34. The lowest BCUT2D eigenvalue weighted by Crippen LogP contribution is -2.48. The number of halogens is 3. The molecule has 0 radical (unpaired) electrons. The minimum Gasteiger partial charge on any atom is -0.385 e. The number of carbonyl (C=O) groups is 2. The van der Waals surface area contributed by atoms with Gasteiger partial charge in [0.25, 0.3) is 5.91 Å². The number of likely N-dealkylation sites (tertiary alicyclic amines) is 1. The van der Waals surface area contributed by atoms with E-state index in [0.29, 0.717) is 38.1 Å². The molecule has 2 atom stereocenters. The average Bonchev–Trinajstić information content (AvgIpc) is 3.33. The molecule has 2 amide bonds. The van der Waals surface area contributed by atoms with Gasteiger partial charge in [-0.25, -0.2) is 0 Å². The minimum absolute atomic E-state index is 0.180. The van der Waals surface area contributed by atoms with Gasteiger partial charge in [0, 0.05) is 31.3 Å². The van der Waals surface area contributed by atoms with E-state index < -0.39 is 29.2 Å². The van der Waals surface area contributed by atoms with Crippen molar-refractivity contribution in [1.82, 2.24) is 15.5 Å². The Balaban J connectivity index is 1.30. The van der Waals surface area contributed by atoms with Crippen LogP contribution in [0.4, 0.5) is 13.2 Å². The SMILES string of the molecule is CCOC1CN(C2CCC(O)(c3ccc(C#N)cc3)CC2)CC1NC(=O)CNC(=O)c1cccc(C(F)(F)F)c1. The quantitative estimate of drug-likeness (QED) is 0.458. The zero-order valence-corrected chi connectivity index (χ0v) is 22.2. The normalized spacial score (nSPS) is 25.2. The summed E-state index contributed by atoms with van der Waals surface area (Å²) in [6.45, 7) is 3.09. The first kappa shape index (κ1) is 29.5. The van der Waals surface area contributed by atoms with Crippen molar-refractivity contribution in [2.45, 2.75) is 62.6 Å². The Bertz CT molecular complexity index is 1240. The van der Waals surface area contributed by atoms with Gasteiger partial charge in [-0.1, -0.05) is 18.2 Å². The fourth-order valence-corrected chi connectivity index (χ4v) is 5.57. The van der Waals surface area contributed by atoms with E-state index in [1.54, 1.807) is 24.3 Å². The third-order valence-corrected chi connectivity index (χ3v) is 7.73. The number of rotatable bonds is 8. The van der Waals surface area contributed by atoms with Gasteiger partial charge in [-0.15, -0.1) is 0 Å². The molecule has 2 unspecified atom stereocenters. The molecule has 2 aromatic carbocycles. The highest BCUT2D eigenvalue weighted by Crippen LogP contribution is 2.39. The van der Waals surface area contributed by atoms with Crippen molar-refractivity contribution >= 4 is 11.8 Å². The molecule has 1 aliphatic heterocycles. The third-order valence-electron chi connectivity index (χ3n) is 7.73. The van der Waals surface area contributed by atoms with Crippen molar-refractivity contribution in [3.8, 4) is 6.07 Å². The molecule has 3 N–H and O–H groups in total. The molecule has 8 nitrogen and oxygen atoms in total. The Hall–Kier alpha value is -3.46. The van der Waals surface area contributed by atoms with Crippen LogP contribution in [-0.2, 0) is 21.3 Å². The molecule has 0 bridgehead atoms. The van der Waals surface area contributed by atoms with Crippen molar-refractivity contribution in [3.05, 3.63) is 70.8 Å². The second kappa shape index (κ2) is 12.4. The largest absolute Gasteiger partial charge is 0.416 e. The molecule has 2 aliphatic rings. The van der Waals surface area contributed by atoms with Crippen molar-refractivity contribution < 1.29 is 32.6 Å². The van der Waals surface area contributed by atoms with Crippen LogP contribution in [-0.4, -0.2) is 66.2 Å². The van der Waals surface area contributed by atoms with Gasteiger partial charge in [-0.3, -0.25) is 14.5 Å². The average molecular weight is 559 g/mol. The molecule has 0 aromatic heterocycles. The molecule has 1 aliphatic carbocycles. The lowest BCUT2D eigenvalue weighted by Gasteiger charge is -2.40. The number of nitriles is 1. The van der Waals surface area contributed by atoms with Gasteiger partial charge in [-0.05, 0) is 68.5 Å². The smallest absolute Gasteiger partial charge is 0.385 e. The minimum atomic E-state index is -4.57. The van der Waals surface area contributed by atoms with E-state index in [1.165, 1.54) is 6.07 Å². The molecule has 11 heteroatoms. The van der Waals surface area contributed by atoms with Crippen LogP contribution in [0.25, 0.3) is 0 Å². The molecule has 1 saturated carbocycles. The first-order chi connectivity index (χ1) is 19.0. The zero-order valence-electron chi connectivity index (χ0n) is 22.2. The standard InChI is InChI=1S/C29H33F3N4O4/c1-2-40-25-18-36(23-10-12-28(39,13-11-23)21-8-6-19(15-33)7-9-21)17-24(25)35-26(37)16-34-27(38)20-4-3-5-22(14-20)29(30,31)32/h3-9,14,23-25,39H,2,10-13,16-18H2,1H3,(H,34,38)(H,35,37). The monoisotopic (exact) mass is 558 g/mol. The number of aliphatic hydroxyl groups is 1. The Morgan fingerprint density at radius 3 is 2.48 bits per heavy atom. The number of alkyl halides is 3. The summed E-state index contributed by atoms with van der Waals surface area (Å²) in [5.74, 6) is -1.23. The second-order valence-electron chi connectivity index (χ2n) is 10.3. The molecular formula is C29H33F3N4O4. The van der Waals surface area contributed by atoms with Crippen LogP contribution in [0.1, 0.15) is 59.7 Å². The Labute approximate surface area is 231 Å². The third kappa shape index (κ3) is 6.99. The zero-order chi connectivity index (χ0) is 28.9. The summed E-state index contributed by atoms with van der Waals surface area (Å²) in [5.41, 5.74) is -0.720. The van der Waals surface area contributed by atoms with E-state index in [2.05, 4.69) is 21.6 Å². The Morgan fingerprint density at radius 1 is 1.15 bits per heavy atom. The number of nitrogens with zero attached hydrogens (tertiary/aromatic N) is 2. The van der Waals surface area contributed by atoms with Gasteiger partial charge < -0.3 is 20.5 Å². The highest BCUT2D eigenvalue weighted by atomic mass is 19.4. The lowest BCUT2D eigenvalue weighted by atomic mass is 9.77. The summed E-state index contributed by atoms with van der Waals surface area (Å²) in [5, 5.41) is 25.6. The number of hydrogen-bond acceptors (Lipinski definition) is 6. The van der Waals surface area contributed by atoms with E-state index in [1.807, 2.05) is 6.92 Å². The van der Waals surface area contributed by atoms with Crippen LogP contribution in [0.2, 0.25) is 0 Å². The van der Waals surface area contributed by atoms with Gasteiger partial charge in [-0.2, -0.15) is 18.4 Å². The molecule has 40 heavy (non-hydrogen) atoms. The molecule has 214 valence electrons. The second-order valence-corrected chi connectivity index (χ2v) is 10.3. The van der Waals surface area contributed by atoms with Crippen molar-refractivity contribution in [1.29, 1.82) is 5.26 Å². The van der Waals surface area contributed by atoms with Gasteiger partial charge in [0.15, 0.2) is 0 Å². The van der Waals surface area contributed by atoms with Crippen molar-refractivity contribution in [2.24, 2.45) is 0 Å². The van der Waals surface area contributed by atoms with Gasteiger partial charge in [0.2, 0.25) is 5.91 Å². The van der Waals surface area contributed by atoms with E-state index >= 15 is 0 Å². The topological polar surface area (TPSA) is 115 Å². The number of nitrogens with one attached hydrogen (secondary N) is 2. The predicted molar refractivity (Wildman–Crippen MR) is 140 cm³/mol. The fraction of sp³-hybridized carbons (Fsp3) is 0.483. The number of ether oxygens (including phenoxy) is 1. The van der Waals surface area contributed by atoms with Crippen LogP contribution < -0.4 is 10.6 Å². The molecule has 2 aromatic rings. The molecule has 0 spiro atoms. The number of carbonyl (C=O) groups excluding carboxylic acids is 2. The van der Waals surface area contributed by atoms with E-state index in [9.17, 15) is 27.9 Å². The summed E-state index contributed by atoms with van der Waals surface area (Å²) in [4.78, 5) is 27.3. The fourth-order valence-electron chi connectivity index (χ4n) is 5.57. The van der Waals surface area contributed by atoms with Crippen LogP contribution in [0.3, 0.4) is 0 Å². The molecule has 1 heterocycles. The van der Waals surface area contributed by atoms with Crippen molar-refractivity contribution in [2.75, 3.05) is 26.2 Å². The summed E-state index contributed by atoms with van der Waals surface area (Å²) in [6.07, 6.45) is -2.19. The highest BCUT2D eigenvalue weighted by Gasteiger charge is 2.42. The summed E-state index contributed by atoms with van der Waals surface area (Å²) < 4.78 is 44.7. The maximum Gasteiger partial charge on any atom is 0.416 e. The summed E-state index contributed by atoms with van der Waals surface area (Å²) in [7, 11) is 0. The van der Waals surface area contributed by atoms with Gasteiger partial charge in [0.05, 0.1) is 41.5 Å². The maximum atomic E-state index is 12.9. The van der Waals surface area contributed by atoms with Crippen LogP contribution in [0.15, 0.2) is 48.5 Å². The number of benzene rings is 2. The molecular weight excluding hydrogens is 525 g/mol. The highest BCUT2D eigenvalue weighted by molar-refractivity contribution is 5.96. The van der Waals surface area contributed by atoms with Crippen LogP contribution in [0.5, 0.6) is 0 Å². The summed E-state index contributed by atoms with van der Waals surface area (Å²) in [6, 6.07) is 13.0. The first-order valence-corrected chi connectivity index (χ1v) is 13.4. The van der Waals surface area contributed by atoms with E-state index in [4.69, 9.17) is 10.00 Å². The molecule has 4 rings (SSSR count). The number of hydrogen-bond donors (Lipinski definition) is 3. The van der Waals surface area contributed by atoms with Gasteiger partial charge >= 0.3 is 6.18 Å². The molecule has 1 saturated heterocycles. The lowest BCUT2D eigenvalue weighted by molar-refractivity contribution is -0.137. The van der Waals surface area contributed by atoms with Gasteiger partial charge in [0.1, 0.15) is 0 Å². The van der Waals surface area contributed by atoms with E-state index in [0.717, 1.165) is 36.6 Å².